The average molecular weight is 293 g/mol. The van der Waals surface area contributed by atoms with Gasteiger partial charge in [-0.25, -0.2) is 0 Å². The fourth-order valence-corrected chi connectivity index (χ4v) is 1.88. The molecule has 0 saturated carbocycles. The van der Waals surface area contributed by atoms with Crippen molar-refractivity contribution in [2.45, 2.75) is 0 Å². The van der Waals surface area contributed by atoms with E-state index in [1.165, 1.54) is 12.1 Å². The number of phenols is 1. The molecule has 0 atom stereocenters. The van der Waals surface area contributed by atoms with Crippen molar-refractivity contribution >= 4 is 28.9 Å². The fourth-order valence-electron chi connectivity index (χ4n) is 1.66. The van der Waals surface area contributed by atoms with Crippen LogP contribution in [0.2, 0.25) is 5.02 Å². The van der Waals surface area contributed by atoms with Gasteiger partial charge in [0.2, 0.25) is 0 Å². The molecule has 0 aliphatic heterocycles. The van der Waals surface area contributed by atoms with Gasteiger partial charge >= 0.3 is 0 Å². The number of nitrogen functional groups attached to an aromatic ring is 1. The maximum Gasteiger partial charge on any atom is 0.257 e. The molecule has 20 heavy (non-hydrogen) atoms. The van der Waals surface area contributed by atoms with Crippen LogP contribution >= 0.6 is 11.6 Å². The van der Waals surface area contributed by atoms with Gasteiger partial charge in [-0.3, -0.25) is 4.79 Å². The molecule has 0 heterocycles. The normalized spacial score (nSPS) is 10.1. The number of halogens is 1. The molecule has 0 radical (unpaired) electrons. The molecule has 2 rings (SSSR count). The van der Waals surface area contributed by atoms with Gasteiger partial charge in [0.05, 0.1) is 18.4 Å². The van der Waals surface area contributed by atoms with Crippen molar-refractivity contribution in [1.82, 2.24) is 0 Å². The number of nitrogens with one attached hydrogen (secondary N) is 1. The van der Waals surface area contributed by atoms with E-state index in [0.717, 1.165) is 0 Å². The van der Waals surface area contributed by atoms with Gasteiger partial charge in [0.25, 0.3) is 5.91 Å². The van der Waals surface area contributed by atoms with Crippen molar-refractivity contribution in [2.24, 2.45) is 0 Å². The van der Waals surface area contributed by atoms with Crippen LogP contribution in [0.25, 0.3) is 0 Å². The van der Waals surface area contributed by atoms with Crippen molar-refractivity contribution in [3.63, 3.8) is 0 Å². The number of methoxy groups -OCH3 is 1. The Hall–Kier alpha value is -2.40. The fraction of sp³-hybridized carbons (Fsp3) is 0.0714. The van der Waals surface area contributed by atoms with Crippen molar-refractivity contribution in [3.05, 3.63) is 47.0 Å². The van der Waals surface area contributed by atoms with Crippen LogP contribution in [0.3, 0.4) is 0 Å². The number of amides is 1. The number of carbonyl (C=O) groups is 1. The van der Waals surface area contributed by atoms with Crippen LogP contribution in [-0.2, 0) is 0 Å². The van der Waals surface area contributed by atoms with Crippen LogP contribution in [-0.4, -0.2) is 18.1 Å². The van der Waals surface area contributed by atoms with Crippen LogP contribution in [0, 0.1) is 0 Å². The first-order chi connectivity index (χ1) is 9.51. The highest BCUT2D eigenvalue weighted by molar-refractivity contribution is 6.31. The zero-order chi connectivity index (χ0) is 14.7. The Balaban J connectivity index is 2.23. The number of ether oxygens (including phenoxy) is 1. The summed E-state index contributed by atoms with van der Waals surface area (Å²) >= 11 is 5.80. The Kier molecular flexibility index (Phi) is 4.00. The SMILES string of the molecule is COc1ccc(NC(=O)c2cc(Cl)cc(O)c2N)cc1. The molecule has 0 aliphatic rings. The first-order valence-electron chi connectivity index (χ1n) is 5.74. The van der Waals surface area contributed by atoms with Crippen LogP contribution in [0.5, 0.6) is 11.5 Å². The lowest BCUT2D eigenvalue weighted by Gasteiger charge is -2.10. The topological polar surface area (TPSA) is 84.6 Å². The quantitative estimate of drug-likeness (QED) is 0.600. The number of hydrogen-bond donors (Lipinski definition) is 3. The van der Waals surface area contributed by atoms with E-state index in [1.807, 2.05) is 0 Å². The second-order valence-electron chi connectivity index (χ2n) is 4.07. The van der Waals surface area contributed by atoms with Gasteiger partial charge in [-0.2, -0.15) is 0 Å². The van der Waals surface area contributed by atoms with E-state index in [1.54, 1.807) is 31.4 Å². The van der Waals surface area contributed by atoms with Gasteiger partial charge in [0.1, 0.15) is 11.5 Å². The summed E-state index contributed by atoms with van der Waals surface area (Å²) in [5, 5.41) is 12.5. The Labute approximate surface area is 120 Å². The summed E-state index contributed by atoms with van der Waals surface area (Å²) in [4.78, 5) is 12.1. The predicted molar refractivity (Wildman–Crippen MR) is 78.5 cm³/mol. The predicted octanol–water partition coefficient (Wildman–Crippen LogP) is 2.89. The molecule has 4 N–H and O–H groups in total. The molecule has 2 aromatic carbocycles. The van der Waals surface area contributed by atoms with Gasteiger partial charge < -0.3 is 20.9 Å². The first kappa shape index (κ1) is 14.0. The molecule has 5 nitrogen and oxygen atoms in total. The zero-order valence-corrected chi connectivity index (χ0v) is 11.4. The second kappa shape index (κ2) is 5.71. The molecule has 0 unspecified atom stereocenters. The third-order valence-corrected chi connectivity index (χ3v) is 2.93. The minimum Gasteiger partial charge on any atom is -0.506 e. The molecule has 6 heteroatoms. The monoisotopic (exact) mass is 292 g/mol. The molecule has 104 valence electrons. The lowest BCUT2D eigenvalue weighted by Crippen LogP contribution is -2.14. The average Bonchev–Trinajstić information content (AvgIpc) is 2.43. The van der Waals surface area contributed by atoms with Gasteiger partial charge in [0, 0.05) is 16.8 Å². The van der Waals surface area contributed by atoms with E-state index in [4.69, 9.17) is 22.1 Å². The Morgan fingerprint density at radius 2 is 1.95 bits per heavy atom. The third-order valence-electron chi connectivity index (χ3n) is 2.72. The summed E-state index contributed by atoms with van der Waals surface area (Å²) in [6.07, 6.45) is 0. The standard InChI is InChI=1S/C14H13ClN2O3/c1-20-10-4-2-9(3-5-10)17-14(19)11-6-8(15)7-12(18)13(11)16/h2-7,18H,16H2,1H3,(H,17,19). The largest absolute Gasteiger partial charge is 0.506 e. The summed E-state index contributed by atoms with van der Waals surface area (Å²) in [6.45, 7) is 0. The molecular weight excluding hydrogens is 280 g/mol. The van der Waals surface area contributed by atoms with E-state index in [9.17, 15) is 9.90 Å². The van der Waals surface area contributed by atoms with E-state index in [-0.39, 0.29) is 22.0 Å². The van der Waals surface area contributed by atoms with Crippen LogP contribution < -0.4 is 15.8 Å². The zero-order valence-electron chi connectivity index (χ0n) is 10.7. The minimum atomic E-state index is -0.453. The molecule has 0 aliphatic carbocycles. The smallest absolute Gasteiger partial charge is 0.257 e. The van der Waals surface area contributed by atoms with E-state index < -0.39 is 5.91 Å². The highest BCUT2D eigenvalue weighted by atomic mass is 35.5. The lowest BCUT2D eigenvalue weighted by atomic mass is 10.1. The van der Waals surface area contributed by atoms with Gasteiger partial charge in [0.15, 0.2) is 0 Å². The Morgan fingerprint density at radius 1 is 1.30 bits per heavy atom. The van der Waals surface area contributed by atoms with Gasteiger partial charge in [-0.05, 0) is 30.3 Å². The molecule has 1 amide bonds. The summed E-state index contributed by atoms with van der Waals surface area (Å²) in [5.41, 5.74) is 6.34. The van der Waals surface area contributed by atoms with Crippen LogP contribution in [0.4, 0.5) is 11.4 Å². The Bertz CT molecular complexity index is 642. The molecule has 0 aromatic heterocycles. The number of rotatable bonds is 3. The van der Waals surface area contributed by atoms with E-state index in [0.29, 0.717) is 11.4 Å². The molecule has 0 fully saturated rings. The van der Waals surface area contributed by atoms with Crippen molar-refractivity contribution < 1.29 is 14.6 Å². The number of benzene rings is 2. The number of nitrogens with two attached hydrogens (primary N) is 1. The number of phenolic OH excluding ortho intramolecular Hbond substituents is 1. The molecule has 0 spiro atoms. The van der Waals surface area contributed by atoms with Crippen LogP contribution in [0.1, 0.15) is 10.4 Å². The summed E-state index contributed by atoms with van der Waals surface area (Å²) < 4.78 is 5.03. The highest BCUT2D eigenvalue weighted by Crippen LogP contribution is 2.29. The lowest BCUT2D eigenvalue weighted by molar-refractivity contribution is 0.102. The number of hydrogen-bond acceptors (Lipinski definition) is 4. The summed E-state index contributed by atoms with van der Waals surface area (Å²) in [7, 11) is 1.56. The van der Waals surface area contributed by atoms with Crippen molar-refractivity contribution in [3.8, 4) is 11.5 Å². The van der Waals surface area contributed by atoms with Crippen molar-refractivity contribution in [1.29, 1.82) is 0 Å². The summed E-state index contributed by atoms with van der Waals surface area (Å²) in [5.74, 6) is 0.00533. The van der Waals surface area contributed by atoms with Gasteiger partial charge in [-0.1, -0.05) is 11.6 Å². The van der Waals surface area contributed by atoms with E-state index in [2.05, 4.69) is 5.32 Å². The number of anilines is 2. The first-order valence-corrected chi connectivity index (χ1v) is 6.12. The van der Waals surface area contributed by atoms with E-state index >= 15 is 0 Å². The molecular formula is C14H13ClN2O3. The molecule has 0 saturated heterocycles. The summed E-state index contributed by atoms with van der Waals surface area (Å²) in [6, 6.07) is 9.49. The van der Waals surface area contributed by atoms with Crippen molar-refractivity contribution in [2.75, 3.05) is 18.2 Å². The highest BCUT2D eigenvalue weighted by Gasteiger charge is 2.14. The maximum absolute atomic E-state index is 12.1. The minimum absolute atomic E-state index is 0.0135. The number of aromatic hydroxyl groups is 1. The van der Waals surface area contributed by atoms with Gasteiger partial charge in [-0.15, -0.1) is 0 Å². The van der Waals surface area contributed by atoms with Crippen LogP contribution in [0.15, 0.2) is 36.4 Å². The third kappa shape index (κ3) is 2.95. The maximum atomic E-state index is 12.1. The molecule has 2 aromatic rings. The second-order valence-corrected chi connectivity index (χ2v) is 4.51. The molecule has 0 bridgehead atoms. The number of carbonyl (C=O) groups excluding carboxylic acids is 1. The Morgan fingerprint density at radius 3 is 2.55 bits per heavy atom.